The van der Waals surface area contributed by atoms with Gasteiger partial charge in [0.05, 0.1) is 20.1 Å². The van der Waals surface area contributed by atoms with Gasteiger partial charge in [-0.25, -0.2) is 0 Å². The van der Waals surface area contributed by atoms with E-state index in [2.05, 4.69) is 22.8 Å². The van der Waals surface area contributed by atoms with Crippen molar-refractivity contribution in [1.29, 1.82) is 0 Å². The van der Waals surface area contributed by atoms with E-state index in [0.29, 0.717) is 13.1 Å². The van der Waals surface area contributed by atoms with Crippen molar-refractivity contribution in [2.45, 2.75) is 27.7 Å². The molecule has 116 valence electrons. The number of hydrogen-bond donors (Lipinski definition) is 3. The molecule has 1 rings (SSSR count). The smallest absolute Gasteiger partial charge is 0.279 e. The number of carbonyl (C=O) groups excluding carboxylic acids is 2. The van der Waals surface area contributed by atoms with Gasteiger partial charge in [-0.2, -0.15) is 0 Å². The van der Waals surface area contributed by atoms with Crippen LogP contribution < -0.4 is 15.5 Å². The summed E-state index contributed by atoms with van der Waals surface area (Å²) in [5.41, 5.74) is 4.26. The number of carbonyl (C=O) groups is 2. The Balaban J connectivity index is 2.52. The molecule has 0 radical (unpaired) electrons. The predicted octanol–water partition coefficient (Wildman–Crippen LogP) is 0.201. The summed E-state index contributed by atoms with van der Waals surface area (Å²) in [6.07, 6.45) is 0. The summed E-state index contributed by atoms with van der Waals surface area (Å²) in [6.45, 7) is 9.23. The van der Waals surface area contributed by atoms with Gasteiger partial charge in [0.1, 0.15) is 0 Å². The molecule has 3 N–H and O–H groups in total. The molecule has 0 spiro atoms. The van der Waals surface area contributed by atoms with Crippen LogP contribution in [0.25, 0.3) is 0 Å². The van der Waals surface area contributed by atoms with Gasteiger partial charge in [0.15, 0.2) is 6.54 Å². The summed E-state index contributed by atoms with van der Waals surface area (Å²) in [5, 5.41) is 5.72. The standard InChI is InChI=1S/C16H25N3O2/c1-11-8-12(2)16(13(3)9-11)18-15(21)10-19(5)7-6-17-14(4)20/h8-9H,6-7,10H2,1-5H3,(H,17,20)(H,18,21)/p+1. The first-order valence-electron chi connectivity index (χ1n) is 7.23. The number of rotatable bonds is 6. The van der Waals surface area contributed by atoms with Crippen molar-refractivity contribution < 1.29 is 14.5 Å². The summed E-state index contributed by atoms with van der Waals surface area (Å²) >= 11 is 0. The second-order valence-corrected chi connectivity index (χ2v) is 5.69. The fourth-order valence-corrected chi connectivity index (χ4v) is 2.38. The number of likely N-dealkylation sites (N-methyl/N-ethyl adjacent to an activating group) is 1. The summed E-state index contributed by atoms with van der Waals surface area (Å²) in [6, 6.07) is 4.13. The monoisotopic (exact) mass is 292 g/mol. The zero-order valence-electron chi connectivity index (χ0n) is 13.6. The molecule has 0 saturated carbocycles. The molecule has 0 aliphatic carbocycles. The lowest BCUT2D eigenvalue weighted by molar-refractivity contribution is -0.869. The summed E-state index contributed by atoms with van der Waals surface area (Å²) in [5.74, 6) is -0.0523. The van der Waals surface area contributed by atoms with Crippen LogP contribution in [0.4, 0.5) is 5.69 Å². The fraction of sp³-hybridized carbons (Fsp3) is 0.500. The maximum Gasteiger partial charge on any atom is 0.279 e. The Kier molecular flexibility index (Phi) is 6.37. The highest BCUT2D eigenvalue weighted by molar-refractivity contribution is 5.93. The first kappa shape index (κ1) is 17.2. The first-order valence-corrected chi connectivity index (χ1v) is 7.23. The van der Waals surface area contributed by atoms with E-state index in [-0.39, 0.29) is 11.8 Å². The molecule has 1 aromatic rings. The lowest BCUT2D eigenvalue weighted by atomic mass is 10.1. The molecule has 5 heteroatoms. The molecule has 0 aromatic heterocycles. The van der Waals surface area contributed by atoms with Crippen LogP contribution in [0.1, 0.15) is 23.6 Å². The Bertz CT molecular complexity index is 503. The molecule has 0 bridgehead atoms. The SMILES string of the molecule is CC(=O)NCC[NH+](C)CC(=O)Nc1c(C)cc(C)cc1C. The number of amides is 2. The average molecular weight is 292 g/mol. The number of anilines is 1. The highest BCUT2D eigenvalue weighted by Crippen LogP contribution is 2.21. The van der Waals surface area contributed by atoms with Gasteiger partial charge in [-0.1, -0.05) is 17.7 Å². The van der Waals surface area contributed by atoms with Gasteiger partial charge in [-0.3, -0.25) is 9.59 Å². The van der Waals surface area contributed by atoms with E-state index in [0.717, 1.165) is 28.3 Å². The molecule has 0 saturated heterocycles. The largest absolute Gasteiger partial charge is 0.351 e. The van der Waals surface area contributed by atoms with Crippen LogP contribution >= 0.6 is 0 Å². The average Bonchev–Trinajstić information content (AvgIpc) is 2.33. The Morgan fingerprint density at radius 2 is 1.71 bits per heavy atom. The number of nitrogens with one attached hydrogen (secondary N) is 3. The van der Waals surface area contributed by atoms with E-state index in [1.807, 2.05) is 27.8 Å². The quantitative estimate of drug-likeness (QED) is 0.701. The minimum Gasteiger partial charge on any atom is -0.351 e. The van der Waals surface area contributed by atoms with Gasteiger partial charge in [-0.15, -0.1) is 0 Å². The Labute approximate surface area is 126 Å². The number of quaternary nitrogens is 1. The first-order chi connectivity index (χ1) is 9.79. The third kappa shape index (κ3) is 5.95. The second-order valence-electron chi connectivity index (χ2n) is 5.69. The van der Waals surface area contributed by atoms with Crippen molar-refractivity contribution in [3.05, 3.63) is 28.8 Å². The molecule has 1 unspecified atom stereocenters. The van der Waals surface area contributed by atoms with Gasteiger partial charge in [0, 0.05) is 12.6 Å². The molecular weight excluding hydrogens is 266 g/mol. The van der Waals surface area contributed by atoms with Crippen molar-refractivity contribution in [3.8, 4) is 0 Å². The Morgan fingerprint density at radius 1 is 1.14 bits per heavy atom. The van der Waals surface area contributed by atoms with Gasteiger partial charge < -0.3 is 15.5 Å². The molecule has 1 atom stereocenters. The topological polar surface area (TPSA) is 62.6 Å². The minimum atomic E-state index is -0.0434. The van der Waals surface area contributed by atoms with Crippen molar-refractivity contribution in [2.24, 2.45) is 0 Å². The summed E-state index contributed by atoms with van der Waals surface area (Å²) < 4.78 is 0. The molecule has 2 amide bonds. The molecular formula is C16H26N3O2+. The molecule has 5 nitrogen and oxygen atoms in total. The highest BCUT2D eigenvalue weighted by atomic mass is 16.2. The lowest BCUT2D eigenvalue weighted by Gasteiger charge is -2.16. The second kappa shape index (κ2) is 7.78. The summed E-state index contributed by atoms with van der Waals surface area (Å²) in [4.78, 5) is 23.9. The van der Waals surface area contributed by atoms with Crippen LogP contribution in [-0.4, -0.2) is 38.5 Å². The Morgan fingerprint density at radius 3 is 2.24 bits per heavy atom. The maximum absolute atomic E-state index is 12.1. The zero-order valence-corrected chi connectivity index (χ0v) is 13.6. The predicted molar refractivity (Wildman–Crippen MR) is 84.6 cm³/mol. The molecule has 0 heterocycles. The summed E-state index contributed by atoms with van der Waals surface area (Å²) in [7, 11) is 1.94. The zero-order chi connectivity index (χ0) is 16.0. The van der Waals surface area contributed by atoms with Crippen LogP contribution in [0.3, 0.4) is 0 Å². The van der Waals surface area contributed by atoms with E-state index in [1.54, 1.807) is 0 Å². The highest BCUT2D eigenvalue weighted by Gasteiger charge is 2.12. The van der Waals surface area contributed by atoms with Crippen molar-refractivity contribution in [3.63, 3.8) is 0 Å². The number of hydrogen-bond acceptors (Lipinski definition) is 2. The van der Waals surface area contributed by atoms with E-state index in [9.17, 15) is 9.59 Å². The normalized spacial score (nSPS) is 11.9. The van der Waals surface area contributed by atoms with Crippen molar-refractivity contribution >= 4 is 17.5 Å². The van der Waals surface area contributed by atoms with E-state index >= 15 is 0 Å². The van der Waals surface area contributed by atoms with Crippen molar-refractivity contribution in [1.82, 2.24) is 5.32 Å². The molecule has 21 heavy (non-hydrogen) atoms. The van der Waals surface area contributed by atoms with E-state index < -0.39 is 0 Å². The number of benzene rings is 1. The van der Waals surface area contributed by atoms with Crippen LogP contribution in [0, 0.1) is 20.8 Å². The van der Waals surface area contributed by atoms with Gasteiger partial charge in [0.2, 0.25) is 5.91 Å². The number of aryl methyl sites for hydroxylation is 3. The van der Waals surface area contributed by atoms with E-state index in [4.69, 9.17) is 0 Å². The Hall–Kier alpha value is -1.88. The van der Waals surface area contributed by atoms with Crippen molar-refractivity contribution in [2.75, 3.05) is 32.0 Å². The molecule has 0 fully saturated rings. The van der Waals surface area contributed by atoms with E-state index in [1.165, 1.54) is 12.5 Å². The van der Waals surface area contributed by atoms with Gasteiger partial charge in [-0.05, 0) is 31.9 Å². The molecule has 1 aromatic carbocycles. The maximum atomic E-state index is 12.1. The van der Waals surface area contributed by atoms with Crippen LogP contribution in [0.2, 0.25) is 0 Å². The third-order valence-corrected chi connectivity index (χ3v) is 3.33. The fourth-order valence-electron chi connectivity index (χ4n) is 2.38. The van der Waals surface area contributed by atoms with Crippen LogP contribution in [0.5, 0.6) is 0 Å². The van der Waals surface area contributed by atoms with Crippen LogP contribution in [-0.2, 0) is 9.59 Å². The minimum absolute atomic E-state index is 0.00891. The lowest BCUT2D eigenvalue weighted by Crippen LogP contribution is -3.10. The molecule has 0 aliphatic rings. The third-order valence-electron chi connectivity index (χ3n) is 3.33. The van der Waals surface area contributed by atoms with Gasteiger partial charge in [0.25, 0.3) is 5.91 Å². The van der Waals surface area contributed by atoms with Gasteiger partial charge >= 0.3 is 0 Å². The van der Waals surface area contributed by atoms with Crippen LogP contribution in [0.15, 0.2) is 12.1 Å². The molecule has 0 aliphatic heterocycles.